The van der Waals surface area contributed by atoms with Crippen LogP contribution in [0.2, 0.25) is 0 Å². The molecule has 1 unspecified atom stereocenters. The quantitative estimate of drug-likeness (QED) is 0.808. The summed E-state index contributed by atoms with van der Waals surface area (Å²) < 4.78 is 1.31. The van der Waals surface area contributed by atoms with Gasteiger partial charge in [-0.05, 0) is 65.6 Å². The molecule has 1 aromatic rings. The molecular formula is C14H22IN. The topological polar surface area (TPSA) is 12.0 Å². The lowest BCUT2D eigenvalue weighted by Crippen LogP contribution is -2.19. The predicted octanol–water partition coefficient (Wildman–Crippen LogP) is 4.38. The molecule has 1 aromatic carbocycles. The molecule has 0 saturated heterocycles. The van der Waals surface area contributed by atoms with Crippen molar-refractivity contribution >= 4 is 22.6 Å². The number of halogens is 1. The van der Waals surface area contributed by atoms with Gasteiger partial charge in [-0.3, -0.25) is 0 Å². The van der Waals surface area contributed by atoms with Gasteiger partial charge in [0.25, 0.3) is 0 Å². The van der Waals surface area contributed by atoms with E-state index in [2.05, 4.69) is 72.9 Å². The highest BCUT2D eigenvalue weighted by Gasteiger charge is 2.15. The molecule has 0 saturated carbocycles. The van der Waals surface area contributed by atoms with Crippen LogP contribution in [0.3, 0.4) is 0 Å². The second-order valence-corrected chi connectivity index (χ2v) is 6.74. The van der Waals surface area contributed by atoms with Crippen molar-refractivity contribution in [3.63, 3.8) is 0 Å². The van der Waals surface area contributed by atoms with Crippen LogP contribution in [0.15, 0.2) is 24.3 Å². The van der Waals surface area contributed by atoms with E-state index in [1.54, 1.807) is 0 Å². The predicted molar refractivity (Wildman–Crippen MR) is 79.6 cm³/mol. The minimum Gasteiger partial charge on any atom is -0.313 e. The molecular weight excluding hydrogens is 309 g/mol. The zero-order chi connectivity index (χ0) is 12.2. The molecule has 16 heavy (non-hydrogen) atoms. The zero-order valence-corrected chi connectivity index (χ0v) is 12.8. The number of rotatable bonds is 4. The van der Waals surface area contributed by atoms with Gasteiger partial charge in [-0.15, -0.1) is 0 Å². The second kappa shape index (κ2) is 6.01. The molecule has 1 nitrogen and oxygen atoms in total. The summed E-state index contributed by atoms with van der Waals surface area (Å²) in [5, 5.41) is 3.41. The lowest BCUT2D eigenvalue weighted by Gasteiger charge is -2.23. The van der Waals surface area contributed by atoms with Gasteiger partial charge in [0.2, 0.25) is 0 Å². The Morgan fingerprint density at radius 3 is 2.50 bits per heavy atom. The van der Waals surface area contributed by atoms with Crippen LogP contribution in [-0.2, 0) is 0 Å². The SMILES string of the molecule is CNC(CCC(C)(C)C)c1cccc(I)c1. The third kappa shape index (κ3) is 4.83. The lowest BCUT2D eigenvalue weighted by molar-refractivity contribution is 0.338. The minimum absolute atomic E-state index is 0.414. The maximum Gasteiger partial charge on any atom is 0.0318 e. The summed E-state index contributed by atoms with van der Waals surface area (Å²) in [6, 6.07) is 9.24. The Balaban J connectivity index is 2.68. The molecule has 0 aliphatic carbocycles. The Labute approximate surface area is 113 Å². The van der Waals surface area contributed by atoms with Crippen molar-refractivity contribution in [2.45, 2.75) is 39.7 Å². The fourth-order valence-corrected chi connectivity index (χ4v) is 2.35. The van der Waals surface area contributed by atoms with Gasteiger partial charge in [0.05, 0.1) is 0 Å². The highest BCUT2D eigenvalue weighted by molar-refractivity contribution is 14.1. The first-order valence-electron chi connectivity index (χ1n) is 5.85. The van der Waals surface area contributed by atoms with E-state index in [9.17, 15) is 0 Å². The van der Waals surface area contributed by atoms with Crippen LogP contribution in [0.25, 0.3) is 0 Å². The summed E-state index contributed by atoms with van der Waals surface area (Å²) in [6.07, 6.45) is 2.43. The average molecular weight is 331 g/mol. The van der Waals surface area contributed by atoms with E-state index in [4.69, 9.17) is 0 Å². The normalized spacial score (nSPS) is 13.8. The summed E-state index contributed by atoms with van der Waals surface area (Å²) in [7, 11) is 2.05. The van der Waals surface area contributed by atoms with E-state index in [1.165, 1.54) is 22.0 Å². The Morgan fingerprint density at radius 2 is 2.00 bits per heavy atom. The highest BCUT2D eigenvalue weighted by atomic mass is 127. The van der Waals surface area contributed by atoms with E-state index >= 15 is 0 Å². The fraction of sp³-hybridized carbons (Fsp3) is 0.571. The van der Waals surface area contributed by atoms with Crippen molar-refractivity contribution in [3.05, 3.63) is 33.4 Å². The highest BCUT2D eigenvalue weighted by Crippen LogP contribution is 2.27. The summed E-state index contributed by atoms with van der Waals surface area (Å²) in [4.78, 5) is 0. The summed E-state index contributed by atoms with van der Waals surface area (Å²) in [6.45, 7) is 6.90. The number of hydrogen-bond acceptors (Lipinski definition) is 1. The van der Waals surface area contributed by atoms with E-state index in [0.29, 0.717) is 11.5 Å². The Morgan fingerprint density at radius 1 is 1.31 bits per heavy atom. The molecule has 2 heteroatoms. The van der Waals surface area contributed by atoms with Crippen LogP contribution < -0.4 is 5.32 Å². The summed E-state index contributed by atoms with van der Waals surface area (Å²) in [5.41, 5.74) is 1.82. The van der Waals surface area contributed by atoms with Gasteiger partial charge in [-0.1, -0.05) is 32.9 Å². The van der Waals surface area contributed by atoms with Crippen molar-refractivity contribution in [1.82, 2.24) is 5.32 Å². The van der Waals surface area contributed by atoms with Crippen molar-refractivity contribution in [2.75, 3.05) is 7.05 Å². The molecule has 0 aromatic heterocycles. The summed E-state index contributed by atoms with van der Waals surface area (Å²) in [5.74, 6) is 0. The van der Waals surface area contributed by atoms with Crippen molar-refractivity contribution in [1.29, 1.82) is 0 Å². The van der Waals surface area contributed by atoms with Crippen molar-refractivity contribution in [3.8, 4) is 0 Å². The molecule has 0 fully saturated rings. The number of hydrogen-bond donors (Lipinski definition) is 1. The largest absolute Gasteiger partial charge is 0.313 e. The zero-order valence-electron chi connectivity index (χ0n) is 10.7. The monoisotopic (exact) mass is 331 g/mol. The fourth-order valence-electron chi connectivity index (χ4n) is 1.78. The Bertz CT molecular complexity index is 328. The van der Waals surface area contributed by atoms with Gasteiger partial charge in [0.15, 0.2) is 0 Å². The number of nitrogens with one attached hydrogen (secondary N) is 1. The van der Waals surface area contributed by atoms with Crippen LogP contribution in [0, 0.1) is 8.99 Å². The van der Waals surface area contributed by atoms with Crippen LogP contribution in [0.5, 0.6) is 0 Å². The van der Waals surface area contributed by atoms with Crippen LogP contribution in [0.1, 0.15) is 45.2 Å². The van der Waals surface area contributed by atoms with E-state index in [1.807, 2.05) is 7.05 Å². The van der Waals surface area contributed by atoms with Gasteiger partial charge in [0.1, 0.15) is 0 Å². The molecule has 0 aliphatic rings. The first-order valence-corrected chi connectivity index (χ1v) is 6.93. The molecule has 0 heterocycles. The molecule has 1 N–H and O–H groups in total. The summed E-state index contributed by atoms with van der Waals surface area (Å²) >= 11 is 2.37. The molecule has 1 rings (SSSR count). The maximum absolute atomic E-state index is 3.41. The first-order chi connectivity index (χ1) is 7.42. The minimum atomic E-state index is 0.414. The van der Waals surface area contributed by atoms with Crippen LogP contribution in [0.4, 0.5) is 0 Å². The van der Waals surface area contributed by atoms with Gasteiger partial charge < -0.3 is 5.32 Å². The van der Waals surface area contributed by atoms with E-state index < -0.39 is 0 Å². The van der Waals surface area contributed by atoms with Gasteiger partial charge >= 0.3 is 0 Å². The molecule has 90 valence electrons. The number of benzene rings is 1. The average Bonchev–Trinajstić information content (AvgIpc) is 2.17. The molecule has 1 atom stereocenters. The van der Waals surface area contributed by atoms with Crippen LogP contribution >= 0.6 is 22.6 Å². The third-order valence-corrected chi connectivity index (χ3v) is 3.45. The lowest BCUT2D eigenvalue weighted by atomic mass is 9.87. The maximum atomic E-state index is 3.41. The molecule has 0 amide bonds. The molecule has 0 bridgehead atoms. The second-order valence-electron chi connectivity index (χ2n) is 5.50. The van der Waals surface area contributed by atoms with Crippen LogP contribution in [-0.4, -0.2) is 7.05 Å². The standard InChI is InChI=1S/C14H22IN/c1-14(2,3)9-8-13(16-4)11-6-5-7-12(15)10-11/h5-7,10,13,16H,8-9H2,1-4H3. The van der Waals surface area contributed by atoms with Crippen molar-refractivity contribution < 1.29 is 0 Å². The molecule has 0 spiro atoms. The van der Waals surface area contributed by atoms with Gasteiger partial charge in [0, 0.05) is 9.61 Å². The van der Waals surface area contributed by atoms with Gasteiger partial charge in [-0.25, -0.2) is 0 Å². The first kappa shape index (κ1) is 14.0. The Hall–Kier alpha value is -0.0900. The Kier molecular flexibility index (Phi) is 5.25. The van der Waals surface area contributed by atoms with Crippen molar-refractivity contribution in [2.24, 2.45) is 5.41 Å². The molecule has 0 aliphatic heterocycles. The smallest absolute Gasteiger partial charge is 0.0318 e. The van der Waals surface area contributed by atoms with Gasteiger partial charge in [-0.2, -0.15) is 0 Å². The van der Waals surface area contributed by atoms with E-state index in [-0.39, 0.29) is 0 Å². The third-order valence-electron chi connectivity index (χ3n) is 2.78. The van der Waals surface area contributed by atoms with E-state index in [0.717, 1.165) is 0 Å². The molecule has 0 radical (unpaired) electrons.